The van der Waals surface area contributed by atoms with E-state index in [1.54, 1.807) is 19.5 Å². The summed E-state index contributed by atoms with van der Waals surface area (Å²) in [6.07, 6.45) is 4.61. The van der Waals surface area contributed by atoms with Crippen LogP contribution in [0.2, 0.25) is 0 Å². The summed E-state index contributed by atoms with van der Waals surface area (Å²) in [6, 6.07) is 6.36. The quantitative estimate of drug-likeness (QED) is 0.456. The number of aromatic nitrogens is 2. The zero-order valence-electron chi connectivity index (χ0n) is 20.7. The summed E-state index contributed by atoms with van der Waals surface area (Å²) in [5.74, 6) is -0.121. The predicted octanol–water partition coefficient (Wildman–Crippen LogP) is 2.93. The summed E-state index contributed by atoms with van der Waals surface area (Å²) in [7, 11) is 1.50. The van der Waals surface area contributed by atoms with Gasteiger partial charge in [-0.05, 0) is 37.5 Å². The maximum atomic E-state index is 12.0. The normalized spacial score (nSPS) is 16.3. The molecule has 0 spiro atoms. The second kappa shape index (κ2) is 12.2. The van der Waals surface area contributed by atoms with Crippen molar-refractivity contribution in [2.24, 2.45) is 0 Å². The minimum Gasteiger partial charge on any atom is -0.469 e. The van der Waals surface area contributed by atoms with Crippen LogP contribution >= 0.6 is 0 Å². The fourth-order valence-electron chi connectivity index (χ4n) is 4.37. The van der Waals surface area contributed by atoms with Crippen LogP contribution in [0.1, 0.15) is 37.7 Å². The Balaban J connectivity index is 1.99. The monoisotopic (exact) mass is 506 g/mol. The Bertz CT molecular complexity index is 1080. The Hall–Kier alpha value is -2.92. The average molecular weight is 507 g/mol. The Labute approximate surface area is 206 Å². The lowest BCUT2D eigenvalue weighted by Gasteiger charge is -2.36. The molecule has 1 saturated heterocycles. The average Bonchev–Trinajstić information content (AvgIpc) is 2.86. The lowest BCUT2D eigenvalue weighted by Crippen LogP contribution is -2.41. The van der Waals surface area contributed by atoms with Crippen LogP contribution < -0.4 is 15.0 Å². The SMILES string of the molecule is CCN(c1ccc(C(COC)CC(=O)OC)cc1Nc1cnc(OC)nc1)C1CCS(=O)(=O)CC1. The number of carbonyl (C=O) groups excluding carboxylic acids is 1. The van der Waals surface area contributed by atoms with Crippen LogP contribution in [-0.4, -0.2) is 76.4 Å². The molecule has 0 amide bonds. The smallest absolute Gasteiger partial charge is 0.316 e. The molecule has 1 N–H and O–H groups in total. The van der Waals surface area contributed by atoms with E-state index in [1.807, 2.05) is 18.2 Å². The van der Waals surface area contributed by atoms with E-state index in [4.69, 9.17) is 14.2 Å². The summed E-state index contributed by atoms with van der Waals surface area (Å²) in [6.45, 7) is 3.13. The molecule has 1 aromatic heterocycles. The van der Waals surface area contributed by atoms with Gasteiger partial charge in [-0.3, -0.25) is 4.79 Å². The van der Waals surface area contributed by atoms with E-state index in [2.05, 4.69) is 27.1 Å². The van der Waals surface area contributed by atoms with Crippen LogP contribution in [0.5, 0.6) is 6.01 Å². The van der Waals surface area contributed by atoms with Crippen molar-refractivity contribution in [2.45, 2.75) is 38.1 Å². The van der Waals surface area contributed by atoms with Gasteiger partial charge >= 0.3 is 12.0 Å². The van der Waals surface area contributed by atoms with Crippen LogP contribution in [0.3, 0.4) is 0 Å². The molecule has 0 aliphatic carbocycles. The van der Waals surface area contributed by atoms with Crippen LogP contribution in [0, 0.1) is 0 Å². The van der Waals surface area contributed by atoms with Crippen molar-refractivity contribution in [3.63, 3.8) is 0 Å². The third-order valence-electron chi connectivity index (χ3n) is 6.21. The Morgan fingerprint density at radius 3 is 2.43 bits per heavy atom. The highest BCUT2D eigenvalue weighted by molar-refractivity contribution is 7.91. The number of nitrogens with one attached hydrogen (secondary N) is 1. The highest BCUT2D eigenvalue weighted by atomic mass is 32.2. The van der Waals surface area contributed by atoms with Crippen molar-refractivity contribution in [3.8, 4) is 6.01 Å². The van der Waals surface area contributed by atoms with Gasteiger partial charge < -0.3 is 24.4 Å². The van der Waals surface area contributed by atoms with Gasteiger partial charge in [0.25, 0.3) is 0 Å². The van der Waals surface area contributed by atoms with Gasteiger partial charge in [-0.1, -0.05) is 6.07 Å². The number of hydrogen-bond donors (Lipinski definition) is 1. The topological polar surface area (TPSA) is 120 Å². The summed E-state index contributed by atoms with van der Waals surface area (Å²) in [5.41, 5.74) is 3.33. The number of benzene rings is 1. The minimum atomic E-state index is -2.97. The number of nitrogens with zero attached hydrogens (tertiary/aromatic N) is 3. The van der Waals surface area contributed by atoms with E-state index in [0.717, 1.165) is 16.9 Å². The molecule has 192 valence electrons. The molecule has 11 heteroatoms. The van der Waals surface area contributed by atoms with Crippen LogP contribution in [0.25, 0.3) is 0 Å². The van der Waals surface area contributed by atoms with Crippen molar-refractivity contribution in [3.05, 3.63) is 36.2 Å². The minimum absolute atomic E-state index is 0.104. The number of hydrogen-bond acceptors (Lipinski definition) is 10. The highest BCUT2D eigenvalue weighted by Crippen LogP contribution is 2.36. The van der Waals surface area contributed by atoms with E-state index in [-0.39, 0.29) is 41.9 Å². The molecule has 0 radical (unpaired) electrons. The molecule has 1 unspecified atom stereocenters. The standard InChI is InChI=1S/C24H34N4O6S/c1-5-28(20-8-10-35(30,31)11-9-20)22-7-6-17(18(16-32-2)13-23(29)33-3)12-21(22)27-19-14-25-24(34-4)26-15-19/h6-7,12,14-15,18,20,27H,5,8-11,13,16H2,1-4H3. The van der Waals surface area contributed by atoms with Gasteiger partial charge in [-0.25, -0.2) is 18.4 Å². The van der Waals surface area contributed by atoms with Crippen LogP contribution in [0.15, 0.2) is 30.6 Å². The molecular formula is C24H34N4O6S. The zero-order chi connectivity index (χ0) is 25.4. The van der Waals surface area contributed by atoms with Crippen LogP contribution in [-0.2, 0) is 24.1 Å². The molecule has 0 bridgehead atoms. The van der Waals surface area contributed by atoms with E-state index < -0.39 is 9.84 Å². The molecule has 2 heterocycles. The molecule has 35 heavy (non-hydrogen) atoms. The molecule has 1 aliphatic rings. The predicted molar refractivity (Wildman–Crippen MR) is 134 cm³/mol. The molecule has 2 aromatic rings. The zero-order valence-corrected chi connectivity index (χ0v) is 21.5. The number of ether oxygens (including phenoxy) is 3. The van der Waals surface area contributed by atoms with E-state index >= 15 is 0 Å². The molecule has 1 aromatic carbocycles. The fraction of sp³-hybridized carbons (Fsp3) is 0.542. The van der Waals surface area contributed by atoms with E-state index in [9.17, 15) is 13.2 Å². The van der Waals surface area contributed by atoms with E-state index in [1.165, 1.54) is 14.2 Å². The van der Waals surface area contributed by atoms with Gasteiger partial charge in [0.1, 0.15) is 9.84 Å². The Kier molecular flexibility index (Phi) is 9.27. The van der Waals surface area contributed by atoms with Gasteiger partial charge in [0, 0.05) is 25.6 Å². The highest BCUT2D eigenvalue weighted by Gasteiger charge is 2.29. The van der Waals surface area contributed by atoms with Crippen molar-refractivity contribution in [1.29, 1.82) is 0 Å². The molecular weight excluding hydrogens is 472 g/mol. The van der Waals surface area contributed by atoms with Crippen molar-refractivity contribution in [1.82, 2.24) is 9.97 Å². The number of esters is 1. The molecule has 1 atom stereocenters. The number of carbonyl (C=O) groups is 1. The fourth-order valence-corrected chi connectivity index (χ4v) is 5.84. The van der Waals surface area contributed by atoms with Crippen molar-refractivity contribution in [2.75, 3.05) is 56.2 Å². The van der Waals surface area contributed by atoms with E-state index in [0.29, 0.717) is 31.7 Å². The lowest BCUT2D eigenvalue weighted by atomic mass is 9.95. The maximum Gasteiger partial charge on any atom is 0.316 e. The second-order valence-corrected chi connectivity index (χ2v) is 10.8. The summed E-state index contributed by atoms with van der Waals surface area (Å²) in [5, 5.41) is 3.40. The van der Waals surface area contributed by atoms with Gasteiger partial charge in [0.15, 0.2) is 0 Å². The molecule has 10 nitrogen and oxygen atoms in total. The van der Waals surface area contributed by atoms with Gasteiger partial charge in [0.2, 0.25) is 0 Å². The third-order valence-corrected chi connectivity index (χ3v) is 7.92. The van der Waals surface area contributed by atoms with Crippen molar-refractivity contribution >= 4 is 32.9 Å². The number of methoxy groups -OCH3 is 3. The summed E-state index contributed by atoms with van der Waals surface area (Å²) >= 11 is 0. The van der Waals surface area contributed by atoms with Gasteiger partial charge in [0.05, 0.1) is 68.2 Å². The first-order valence-corrected chi connectivity index (χ1v) is 13.4. The van der Waals surface area contributed by atoms with Crippen molar-refractivity contribution < 1.29 is 27.4 Å². The molecule has 1 aliphatic heterocycles. The number of rotatable bonds is 11. The first kappa shape index (κ1) is 26.7. The maximum absolute atomic E-state index is 12.0. The summed E-state index contributed by atoms with van der Waals surface area (Å²) < 4.78 is 39.3. The first-order chi connectivity index (χ1) is 16.8. The Morgan fingerprint density at radius 2 is 1.86 bits per heavy atom. The Morgan fingerprint density at radius 1 is 1.17 bits per heavy atom. The third kappa shape index (κ3) is 7.04. The second-order valence-electron chi connectivity index (χ2n) is 8.46. The van der Waals surface area contributed by atoms with Crippen LogP contribution in [0.4, 0.5) is 17.1 Å². The summed E-state index contributed by atoms with van der Waals surface area (Å²) in [4.78, 5) is 22.6. The van der Waals surface area contributed by atoms with Gasteiger partial charge in [-0.2, -0.15) is 0 Å². The first-order valence-electron chi connectivity index (χ1n) is 11.6. The lowest BCUT2D eigenvalue weighted by molar-refractivity contribution is -0.141. The number of anilines is 3. The number of sulfone groups is 1. The largest absolute Gasteiger partial charge is 0.469 e. The molecule has 0 saturated carbocycles. The molecule has 1 fully saturated rings. The van der Waals surface area contributed by atoms with Gasteiger partial charge in [-0.15, -0.1) is 0 Å². The molecule has 3 rings (SSSR count).